The zero-order chi connectivity index (χ0) is 27.0. The molecule has 6 rings (SSSR count). The summed E-state index contributed by atoms with van der Waals surface area (Å²) in [5, 5.41) is 18.8. The van der Waals surface area contributed by atoms with Gasteiger partial charge in [0.1, 0.15) is 5.75 Å². The zero-order valence-electron chi connectivity index (χ0n) is 21.2. The van der Waals surface area contributed by atoms with Crippen LogP contribution >= 0.6 is 0 Å². The fourth-order valence-corrected chi connectivity index (χ4v) is 5.37. The molecule has 0 unspecified atom stereocenters. The quantitative estimate of drug-likeness (QED) is 0.265. The van der Waals surface area contributed by atoms with Crippen molar-refractivity contribution in [3.8, 4) is 17.1 Å². The Kier molecular flexibility index (Phi) is 6.08. The Morgan fingerprint density at radius 1 is 0.795 bits per heavy atom. The van der Waals surface area contributed by atoms with Gasteiger partial charge in [0.25, 0.3) is 10.0 Å². The van der Waals surface area contributed by atoms with Crippen LogP contribution in [0.1, 0.15) is 5.56 Å². The van der Waals surface area contributed by atoms with Crippen LogP contribution < -0.4 is 14.8 Å². The fourth-order valence-electron chi connectivity index (χ4n) is 4.32. The molecule has 0 spiro atoms. The van der Waals surface area contributed by atoms with Gasteiger partial charge in [0, 0.05) is 22.0 Å². The molecule has 2 heterocycles. The van der Waals surface area contributed by atoms with Gasteiger partial charge in [-0.15, -0.1) is 15.3 Å². The molecule has 39 heavy (non-hydrogen) atoms. The normalized spacial score (nSPS) is 11.5. The molecule has 2 N–H and O–H groups in total. The summed E-state index contributed by atoms with van der Waals surface area (Å²) in [5.41, 5.74) is 3.54. The van der Waals surface area contributed by atoms with Crippen molar-refractivity contribution in [1.82, 2.24) is 19.8 Å². The summed E-state index contributed by atoms with van der Waals surface area (Å²) in [4.78, 5) is 0.197. The number of hydrogen-bond acceptors (Lipinski definition) is 7. The number of hydrogen-bond donors (Lipinski definition) is 2. The van der Waals surface area contributed by atoms with E-state index in [1.807, 2.05) is 61.5 Å². The predicted molar refractivity (Wildman–Crippen MR) is 152 cm³/mol. The van der Waals surface area contributed by atoms with E-state index >= 15 is 0 Å². The SMILES string of the molecule is COc1ccc(-c2nnc3c4ccccc4c(Nc4cccc(NS(=O)(=O)c5ccc(C)cc5)c4)nn23)cc1. The molecule has 0 fully saturated rings. The number of nitrogens with one attached hydrogen (secondary N) is 2. The van der Waals surface area contributed by atoms with E-state index in [1.54, 1.807) is 54.1 Å². The minimum Gasteiger partial charge on any atom is -0.497 e. The van der Waals surface area contributed by atoms with E-state index in [0.29, 0.717) is 28.7 Å². The number of anilines is 3. The number of ether oxygens (including phenoxy) is 1. The van der Waals surface area contributed by atoms with E-state index in [1.165, 1.54) is 0 Å². The average Bonchev–Trinajstić information content (AvgIpc) is 3.37. The highest BCUT2D eigenvalue weighted by molar-refractivity contribution is 7.92. The summed E-state index contributed by atoms with van der Waals surface area (Å²) in [6.07, 6.45) is 0. The van der Waals surface area contributed by atoms with Crippen molar-refractivity contribution in [1.29, 1.82) is 0 Å². The molecule has 0 radical (unpaired) electrons. The Bertz CT molecular complexity index is 1920. The Labute approximate surface area is 225 Å². The molecule has 0 amide bonds. The minimum absolute atomic E-state index is 0.197. The lowest BCUT2D eigenvalue weighted by molar-refractivity contribution is 0.415. The predicted octanol–water partition coefficient (Wildman–Crippen LogP) is 5.81. The number of aromatic nitrogens is 4. The van der Waals surface area contributed by atoms with E-state index in [2.05, 4.69) is 20.2 Å². The third-order valence-corrected chi connectivity index (χ3v) is 7.72. The van der Waals surface area contributed by atoms with Crippen molar-refractivity contribution in [2.24, 2.45) is 0 Å². The van der Waals surface area contributed by atoms with Crippen LogP contribution in [0.15, 0.2) is 102 Å². The van der Waals surface area contributed by atoms with E-state index in [4.69, 9.17) is 9.84 Å². The van der Waals surface area contributed by atoms with E-state index in [0.717, 1.165) is 27.6 Å². The second kappa shape index (κ2) is 9.73. The van der Waals surface area contributed by atoms with Crippen molar-refractivity contribution in [3.63, 3.8) is 0 Å². The number of aryl methyl sites for hydroxylation is 1. The maximum absolute atomic E-state index is 12.9. The lowest BCUT2D eigenvalue weighted by Gasteiger charge is -2.13. The second-order valence-electron chi connectivity index (χ2n) is 9.01. The molecular formula is C29H24N6O3S. The average molecular weight is 537 g/mol. The van der Waals surface area contributed by atoms with Gasteiger partial charge >= 0.3 is 0 Å². The van der Waals surface area contributed by atoms with Gasteiger partial charge in [0.15, 0.2) is 17.3 Å². The van der Waals surface area contributed by atoms with Gasteiger partial charge in [-0.25, -0.2) is 8.42 Å². The first-order valence-electron chi connectivity index (χ1n) is 12.2. The van der Waals surface area contributed by atoms with Crippen molar-refractivity contribution in [2.75, 3.05) is 17.1 Å². The molecule has 0 atom stereocenters. The van der Waals surface area contributed by atoms with Gasteiger partial charge in [-0.05, 0) is 61.5 Å². The molecule has 194 valence electrons. The van der Waals surface area contributed by atoms with E-state index in [9.17, 15) is 8.42 Å². The molecule has 10 heteroatoms. The summed E-state index contributed by atoms with van der Waals surface area (Å²) in [5.74, 6) is 1.90. The molecule has 0 aliphatic rings. The molecule has 6 aromatic rings. The summed E-state index contributed by atoms with van der Waals surface area (Å²) in [7, 11) is -2.12. The van der Waals surface area contributed by atoms with Crippen LogP contribution in [0, 0.1) is 6.92 Å². The Morgan fingerprint density at radius 2 is 1.51 bits per heavy atom. The van der Waals surface area contributed by atoms with Gasteiger partial charge in [0.2, 0.25) is 0 Å². The van der Waals surface area contributed by atoms with Gasteiger partial charge in [-0.1, -0.05) is 48.0 Å². The van der Waals surface area contributed by atoms with Gasteiger partial charge in [-0.3, -0.25) is 4.72 Å². The number of sulfonamides is 1. The highest BCUT2D eigenvalue weighted by atomic mass is 32.2. The lowest BCUT2D eigenvalue weighted by atomic mass is 10.1. The molecule has 2 aromatic heterocycles. The van der Waals surface area contributed by atoms with Gasteiger partial charge < -0.3 is 10.1 Å². The molecular weight excluding hydrogens is 512 g/mol. The van der Waals surface area contributed by atoms with Crippen LogP contribution in [-0.2, 0) is 10.0 Å². The molecule has 0 saturated carbocycles. The summed E-state index contributed by atoms with van der Waals surface area (Å²) in [6, 6.07) is 29.1. The van der Waals surface area contributed by atoms with Crippen molar-refractivity contribution >= 4 is 43.6 Å². The first-order chi connectivity index (χ1) is 18.9. The zero-order valence-corrected chi connectivity index (χ0v) is 22.0. The van der Waals surface area contributed by atoms with Crippen LogP contribution in [0.3, 0.4) is 0 Å². The molecule has 4 aromatic carbocycles. The number of nitrogens with zero attached hydrogens (tertiary/aromatic N) is 4. The minimum atomic E-state index is -3.74. The van der Waals surface area contributed by atoms with Crippen molar-refractivity contribution in [2.45, 2.75) is 11.8 Å². The Morgan fingerprint density at radius 3 is 2.26 bits per heavy atom. The highest BCUT2D eigenvalue weighted by Crippen LogP contribution is 2.30. The largest absolute Gasteiger partial charge is 0.497 e. The summed E-state index contributed by atoms with van der Waals surface area (Å²) in [6.45, 7) is 1.91. The third-order valence-electron chi connectivity index (χ3n) is 6.32. The standard InChI is InChI=1S/C29H24N6O3S/c1-19-10-16-24(17-11-19)39(36,37)34-22-7-5-6-21(18-22)30-27-25-8-3-4-9-26(25)29-32-31-28(35(29)33-27)20-12-14-23(38-2)15-13-20/h3-18,34H,1-2H3,(H,30,33). The van der Waals surface area contributed by atoms with E-state index in [-0.39, 0.29) is 4.90 Å². The van der Waals surface area contributed by atoms with Crippen LogP contribution in [0.25, 0.3) is 27.8 Å². The fraction of sp³-hybridized carbons (Fsp3) is 0.0690. The Balaban J connectivity index is 1.38. The number of benzene rings is 4. The van der Waals surface area contributed by atoms with Crippen molar-refractivity contribution < 1.29 is 13.2 Å². The molecule has 0 aliphatic heterocycles. The van der Waals surface area contributed by atoms with E-state index < -0.39 is 10.0 Å². The van der Waals surface area contributed by atoms with Crippen molar-refractivity contribution in [3.05, 3.63) is 103 Å². The lowest BCUT2D eigenvalue weighted by Crippen LogP contribution is -2.13. The van der Waals surface area contributed by atoms with Gasteiger partial charge in [0.05, 0.1) is 17.7 Å². The molecule has 9 nitrogen and oxygen atoms in total. The maximum Gasteiger partial charge on any atom is 0.261 e. The first kappa shape index (κ1) is 24.4. The topological polar surface area (TPSA) is 111 Å². The number of fused-ring (bicyclic) bond motifs is 3. The summed E-state index contributed by atoms with van der Waals surface area (Å²) >= 11 is 0. The number of methoxy groups -OCH3 is 1. The van der Waals surface area contributed by atoms with Crippen LogP contribution in [0.4, 0.5) is 17.2 Å². The van der Waals surface area contributed by atoms with Crippen LogP contribution in [-0.4, -0.2) is 35.3 Å². The highest BCUT2D eigenvalue weighted by Gasteiger charge is 2.17. The smallest absolute Gasteiger partial charge is 0.261 e. The monoisotopic (exact) mass is 536 g/mol. The van der Waals surface area contributed by atoms with Crippen LogP contribution in [0.2, 0.25) is 0 Å². The molecule has 0 saturated heterocycles. The summed E-state index contributed by atoms with van der Waals surface area (Å²) < 4.78 is 35.5. The van der Waals surface area contributed by atoms with Crippen LogP contribution in [0.5, 0.6) is 5.75 Å². The third kappa shape index (κ3) is 4.73. The van der Waals surface area contributed by atoms with Gasteiger partial charge in [-0.2, -0.15) is 4.52 Å². The Hall–Kier alpha value is -4.96. The maximum atomic E-state index is 12.9. The molecule has 0 bridgehead atoms. The molecule has 0 aliphatic carbocycles. The second-order valence-corrected chi connectivity index (χ2v) is 10.7. The first-order valence-corrected chi connectivity index (χ1v) is 13.6. The number of rotatable bonds is 7.